The third-order valence-corrected chi connectivity index (χ3v) is 20.3. The van der Waals surface area contributed by atoms with E-state index in [1.54, 1.807) is 5.57 Å². The zero-order chi connectivity index (χ0) is 42.1. The first-order valence-corrected chi connectivity index (χ1v) is 25.2. The minimum atomic E-state index is -0.707. The summed E-state index contributed by atoms with van der Waals surface area (Å²) in [7, 11) is 0. The van der Waals surface area contributed by atoms with Gasteiger partial charge in [0, 0.05) is 18.6 Å². The third kappa shape index (κ3) is 6.74. The SMILES string of the molecule is C=C(C)[C@@H]1CC[C@]2(NCCN3CCCCC3)CC[C@]3(C)[C@H](CC[C@@H]4[C@@]5(C)CC=C(C6=CCC(COc7nsc8ccccc78)(C(=O)OCC)CC6)C(C)(C)[C@@H]5CC[C@]43C)[C@@H]12. The molecule has 7 aliphatic rings. The van der Waals surface area contributed by atoms with Crippen molar-refractivity contribution in [2.24, 2.45) is 56.7 Å². The molecule has 0 spiro atoms. The topological polar surface area (TPSA) is 63.7 Å². The van der Waals surface area contributed by atoms with E-state index in [1.165, 1.54) is 113 Å². The van der Waals surface area contributed by atoms with Gasteiger partial charge >= 0.3 is 5.97 Å². The molecule has 328 valence electrons. The number of ether oxygens (including phenoxy) is 2. The summed E-state index contributed by atoms with van der Waals surface area (Å²) in [5.41, 5.74) is 5.01. The summed E-state index contributed by atoms with van der Waals surface area (Å²) in [6.07, 6.45) is 23.4. The van der Waals surface area contributed by atoms with Crippen molar-refractivity contribution in [1.82, 2.24) is 14.6 Å². The smallest absolute Gasteiger partial charge is 0.315 e. The van der Waals surface area contributed by atoms with Gasteiger partial charge in [-0.05, 0) is 203 Å². The lowest BCUT2D eigenvalue weighted by Gasteiger charge is -2.72. The standard InChI is InChI=1S/C53H77N3O3S/c1-9-58-47(57)52(35-59-46-39-15-11-12-16-42(39)60-55-46)26-19-37(20-27-52)40-22-24-49(6)43(48(40,4)5)23-25-51(8)44(49)18-17-41-45-38(36(2)3)21-28-53(45,30-29-50(41,51)7)54-31-34-56-32-13-10-14-33-56/h11-12,15-16,19,22,38,41,43-45,54H,2,9-10,13-14,17-18,20-21,23-35H2,1,3-8H3/t38-,41+,43-,44+,45+,49-,50+,51+,52?,53-/m0/s1. The molecule has 1 saturated heterocycles. The van der Waals surface area contributed by atoms with Crippen molar-refractivity contribution in [3.8, 4) is 5.88 Å². The summed E-state index contributed by atoms with van der Waals surface area (Å²) >= 11 is 1.45. The van der Waals surface area contributed by atoms with Gasteiger partial charge in [-0.25, -0.2) is 0 Å². The molecular weight excluding hydrogens is 759 g/mol. The zero-order valence-corrected chi connectivity index (χ0v) is 39.3. The minimum Gasteiger partial charge on any atom is -0.475 e. The maximum Gasteiger partial charge on any atom is 0.315 e. The number of benzene rings is 1. The van der Waals surface area contributed by atoms with Crippen LogP contribution in [0.15, 0.2) is 59.7 Å². The first-order chi connectivity index (χ1) is 28.7. The highest BCUT2D eigenvalue weighted by atomic mass is 32.1. The first kappa shape index (κ1) is 42.8. The maximum absolute atomic E-state index is 13.7. The Bertz CT molecular complexity index is 2010. The van der Waals surface area contributed by atoms with Crippen molar-refractivity contribution in [2.45, 2.75) is 150 Å². The largest absolute Gasteiger partial charge is 0.475 e. The molecule has 0 bridgehead atoms. The molecule has 7 heteroatoms. The Morgan fingerprint density at radius 1 is 0.917 bits per heavy atom. The Balaban J connectivity index is 0.946. The molecule has 10 atom stereocenters. The Hall–Kier alpha value is -2.48. The second-order valence-electron chi connectivity index (χ2n) is 22.4. The zero-order valence-electron chi connectivity index (χ0n) is 38.4. The number of carbonyl (C=O) groups is 1. The van der Waals surface area contributed by atoms with Crippen LogP contribution in [0.4, 0.5) is 0 Å². The second kappa shape index (κ2) is 15.9. The fourth-order valence-corrected chi connectivity index (χ4v) is 17.0. The van der Waals surface area contributed by atoms with Gasteiger partial charge in [-0.3, -0.25) is 4.79 Å². The van der Waals surface area contributed by atoms with Crippen molar-refractivity contribution < 1.29 is 14.3 Å². The van der Waals surface area contributed by atoms with Crippen LogP contribution in [0.1, 0.15) is 145 Å². The molecule has 60 heavy (non-hydrogen) atoms. The number of aromatic nitrogens is 1. The van der Waals surface area contributed by atoms with Crippen molar-refractivity contribution in [1.29, 1.82) is 0 Å². The number of piperidine rings is 1. The second-order valence-corrected chi connectivity index (χ2v) is 23.2. The van der Waals surface area contributed by atoms with Crippen LogP contribution in [0.2, 0.25) is 0 Å². The average molecular weight is 836 g/mol. The van der Waals surface area contributed by atoms with Gasteiger partial charge in [-0.1, -0.05) is 77.5 Å². The number of fused-ring (bicyclic) bond motifs is 8. The number of esters is 1. The van der Waals surface area contributed by atoms with E-state index in [0.717, 1.165) is 47.7 Å². The predicted octanol–water partition coefficient (Wildman–Crippen LogP) is 12.4. The maximum atomic E-state index is 13.7. The van der Waals surface area contributed by atoms with Crippen LogP contribution in [-0.2, 0) is 9.53 Å². The predicted molar refractivity (Wildman–Crippen MR) is 247 cm³/mol. The number of likely N-dealkylation sites (tertiary alicyclic amines) is 1. The van der Waals surface area contributed by atoms with E-state index in [1.807, 2.05) is 19.1 Å². The summed E-state index contributed by atoms with van der Waals surface area (Å²) in [5, 5.41) is 5.38. The summed E-state index contributed by atoms with van der Waals surface area (Å²) in [4.78, 5) is 16.5. The average Bonchev–Trinajstić information content (AvgIpc) is 3.83. The highest BCUT2D eigenvalue weighted by molar-refractivity contribution is 7.13. The van der Waals surface area contributed by atoms with E-state index >= 15 is 0 Å². The Morgan fingerprint density at radius 3 is 2.47 bits per heavy atom. The third-order valence-electron chi connectivity index (χ3n) is 19.5. The van der Waals surface area contributed by atoms with Crippen LogP contribution >= 0.6 is 11.5 Å². The lowest BCUT2D eigenvalue weighted by atomic mass is 9.33. The monoisotopic (exact) mass is 836 g/mol. The number of nitrogens with one attached hydrogen (secondary N) is 1. The van der Waals surface area contributed by atoms with Crippen molar-refractivity contribution in [3.63, 3.8) is 0 Å². The van der Waals surface area contributed by atoms with Gasteiger partial charge in [0.05, 0.1) is 16.7 Å². The molecule has 4 saturated carbocycles. The van der Waals surface area contributed by atoms with E-state index in [0.29, 0.717) is 47.5 Å². The number of rotatable bonds is 11. The fraction of sp³-hybridized carbons (Fsp3) is 0.736. The molecule has 6 nitrogen and oxygen atoms in total. The number of nitrogens with zero attached hydrogens (tertiary/aromatic N) is 2. The van der Waals surface area contributed by atoms with Gasteiger partial charge in [0.25, 0.3) is 0 Å². The van der Waals surface area contributed by atoms with Gasteiger partial charge < -0.3 is 19.7 Å². The van der Waals surface area contributed by atoms with Crippen LogP contribution in [0.5, 0.6) is 5.88 Å². The molecule has 1 aliphatic heterocycles. The molecule has 1 aromatic carbocycles. The van der Waals surface area contributed by atoms with Gasteiger partial charge in [0.15, 0.2) is 0 Å². The van der Waals surface area contributed by atoms with Gasteiger partial charge in [-0.2, -0.15) is 4.37 Å². The van der Waals surface area contributed by atoms with Gasteiger partial charge in [0.1, 0.15) is 12.0 Å². The van der Waals surface area contributed by atoms with Gasteiger partial charge in [0.2, 0.25) is 5.88 Å². The number of carbonyl (C=O) groups excluding carboxylic acids is 1. The molecule has 0 radical (unpaired) electrons. The normalized spacial score (nSPS) is 40.0. The van der Waals surface area contributed by atoms with Crippen molar-refractivity contribution in [2.75, 3.05) is 39.4 Å². The first-order valence-electron chi connectivity index (χ1n) is 24.4. The lowest BCUT2D eigenvalue weighted by molar-refractivity contribution is -0.221. The highest BCUT2D eigenvalue weighted by Gasteiger charge is 2.70. The number of allylic oxidation sites excluding steroid dienone is 5. The van der Waals surface area contributed by atoms with Crippen LogP contribution in [-0.4, -0.2) is 60.2 Å². The van der Waals surface area contributed by atoms with Crippen LogP contribution in [0, 0.1) is 56.7 Å². The molecule has 9 rings (SSSR count). The quantitative estimate of drug-likeness (QED) is 0.180. The summed E-state index contributed by atoms with van der Waals surface area (Å²) < 4.78 is 17.9. The molecule has 6 aliphatic carbocycles. The molecule has 2 heterocycles. The van der Waals surface area contributed by atoms with E-state index in [9.17, 15) is 4.79 Å². The molecule has 1 N–H and O–H groups in total. The van der Waals surface area contributed by atoms with Crippen molar-refractivity contribution >= 4 is 27.6 Å². The summed E-state index contributed by atoms with van der Waals surface area (Å²) in [6.45, 7) is 28.0. The van der Waals surface area contributed by atoms with E-state index < -0.39 is 5.41 Å². The van der Waals surface area contributed by atoms with Crippen LogP contribution in [0.3, 0.4) is 0 Å². The van der Waals surface area contributed by atoms with Gasteiger partial charge in [-0.15, -0.1) is 0 Å². The van der Waals surface area contributed by atoms with Crippen LogP contribution in [0.25, 0.3) is 10.1 Å². The fourth-order valence-electron chi connectivity index (χ4n) is 16.2. The Morgan fingerprint density at radius 2 is 1.72 bits per heavy atom. The lowest BCUT2D eigenvalue weighted by Crippen LogP contribution is -2.68. The Labute approximate surface area is 366 Å². The Kier molecular flexibility index (Phi) is 11.4. The number of hydrogen-bond donors (Lipinski definition) is 1. The molecule has 0 amide bonds. The molecular formula is C53H77N3O3S. The number of hydrogen-bond acceptors (Lipinski definition) is 7. The molecule has 1 unspecified atom stereocenters. The summed E-state index contributed by atoms with van der Waals surface area (Å²) in [5.74, 6) is 3.96. The van der Waals surface area contributed by atoms with E-state index in [2.05, 4.69) is 87.0 Å². The van der Waals surface area contributed by atoms with Crippen LogP contribution < -0.4 is 10.1 Å². The van der Waals surface area contributed by atoms with E-state index in [4.69, 9.17) is 9.47 Å². The molecule has 1 aromatic heterocycles. The molecule has 5 fully saturated rings. The highest BCUT2D eigenvalue weighted by Crippen LogP contribution is 2.76. The molecule has 2 aromatic rings. The van der Waals surface area contributed by atoms with Crippen molar-refractivity contribution in [3.05, 3.63) is 59.7 Å². The minimum absolute atomic E-state index is 0.0638. The summed E-state index contributed by atoms with van der Waals surface area (Å²) in [6, 6.07) is 8.18. The van der Waals surface area contributed by atoms with E-state index in [-0.39, 0.29) is 28.9 Å².